The van der Waals surface area contributed by atoms with Gasteiger partial charge in [0.05, 0.1) is 11.3 Å². The first-order valence-corrected chi connectivity index (χ1v) is 10.0. The summed E-state index contributed by atoms with van der Waals surface area (Å²) in [5.41, 5.74) is 0.234. The predicted molar refractivity (Wildman–Crippen MR) is 113 cm³/mol. The van der Waals surface area contributed by atoms with Gasteiger partial charge in [-0.3, -0.25) is 14.3 Å². The number of aldehydes is 1. The Morgan fingerprint density at radius 1 is 1.42 bits per heavy atom. The zero-order chi connectivity index (χ0) is 22.5. The molecule has 3 aromatic rings. The van der Waals surface area contributed by atoms with E-state index in [0.29, 0.717) is 11.8 Å². The summed E-state index contributed by atoms with van der Waals surface area (Å²) in [6.07, 6.45) is 3.35. The van der Waals surface area contributed by atoms with Crippen molar-refractivity contribution in [3.63, 3.8) is 0 Å². The maximum atomic E-state index is 14.0. The van der Waals surface area contributed by atoms with E-state index in [4.69, 9.17) is 11.6 Å². The molecule has 164 valence electrons. The summed E-state index contributed by atoms with van der Waals surface area (Å²) in [5, 5.41) is 7.43. The molecule has 1 amide bonds. The molecule has 0 saturated carbocycles. The van der Waals surface area contributed by atoms with Crippen LogP contribution >= 0.6 is 11.6 Å². The topological polar surface area (TPSA) is 113 Å². The second kappa shape index (κ2) is 9.80. The molecule has 2 aromatic heterocycles. The molecule has 2 N–H and O–H groups in total. The minimum atomic E-state index is -0.777. The number of carbonyl (C=O) groups excluding carboxylic acids is 2. The van der Waals surface area contributed by atoms with Crippen molar-refractivity contribution in [1.29, 1.82) is 0 Å². The number of H-pyrrole nitrogens is 1. The number of amides is 1. The third-order valence-corrected chi connectivity index (χ3v) is 5.02. The standard InChI is InChI=1S/C20H22ClFN6O3/c1-12(2)28(14(10-29)7-23-6-13-4-3-5-16(21)18(13)22)17(30)9-27-8-15-19(26-27)24-11-25-20(15)31/h3-5,8,10-12,14,23H,6-7,9H2,1-2H3,(H,24,25,26,31). The molecule has 1 atom stereocenters. The molecule has 0 spiro atoms. The molecule has 1 unspecified atom stereocenters. The fraction of sp³-hybridized carbons (Fsp3) is 0.350. The van der Waals surface area contributed by atoms with E-state index in [2.05, 4.69) is 20.4 Å². The quantitative estimate of drug-likeness (QED) is 0.480. The number of aromatic nitrogens is 4. The van der Waals surface area contributed by atoms with E-state index in [0.717, 1.165) is 0 Å². The Hall–Kier alpha value is -3.11. The minimum Gasteiger partial charge on any atom is -0.328 e. The molecule has 11 heteroatoms. The highest BCUT2D eigenvalue weighted by atomic mass is 35.5. The van der Waals surface area contributed by atoms with Crippen LogP contribution in [-0.2, 0) is 22.7 Å². The third-order valence-electron chi connectivity index (χ3n) is 4.73. The minimum absolute atomic E-state index is 0.0187. The fourth-order valence-corrected chi connectivity index (χ4v) is 3.50. The van der Waals surface area contributed by atoms with Gasteiger partial charge in [0.25, 0.3) is 5.56 Å². The average molecular weight is 449 g/mol. The largest absolute Gasteiger partial charge is 0.328 e. The number of benzene rings is 1. The number of nitrogens with zero attached hydrogens (tertiary/aromatic N) is 4. The van der Waals surface area contributed by atoms with E-state index in [1.807, 2.05) is 0 Å². The van der Waals surface area contributed by atoms with E-state index in [-0.39, 0.29) is 53.2 Å². The zero-order valence-corrected chi connectivity index (χ0v) is 17.8. The highest BCUT2D eigenvalue weighted by molar-refractivity contribution is 6.30. The Kier molecular flexibility index (Phi) is 7.13. The van der Waals surface area contributed by atoms with Crippen molar-refractivity contribution in [2.24, 2.45) is 0 Å². The van der Waals surface area contributed by atoms with Crippen molar-refractivity contribution in [1.82, 2.24) is 30.0 Å². The summed E-state index contributed by atoms with van der Waals surface area (Å²) in [7, 11) is 0. The summed E-state index contributed by atoms with van der Waals surface area (Å²) < 4.78 is 15.4. The fourth-order valence-electron chi connectivity index (χ4n) is 3.31. The number of carbonyl (C=O) groups is 2. The van der Waals surface area contributed by atoms with Gasteiger partial charge in [0.2, 0.25) is 5.91 Å². The van der Waals surface area contributed by atoms with Crippen LogP contribution in [0.4, 0.5) is 4.39 Å². The van der Waals surface area contributed by atoms with Crippen LogP contribution < -0.4 is 10.9 Å². The van der Waals surface area contributed by atoms with Gasteiger partial charge in [0, 0.05) is 30.9 Å². The van der Waals surface area contributed by atoms with E-state index in [1.54, 1.807) is 26.0 Å². The molecule has 0 aliphatic heterocycles. The van der Waals surface area contributed by atoms with Crippen LogP contribution in [0.15, 0.2) is 35.5 Å². The molecular formula is C20H22ClFN6O3. The monoisotopic (exact) mass is 448 g/mol. The Morgan fingerprint density at radius 2 is 2.19 bits per heavy atom. The second-order valence-electron chi connectivity index (χ2n) is 7.24. The van der Waals surface area contributed by atoms with Crippen LogP contribution in [-0.4, -0.2) is 55.5 Å². The Balaban J connectivity index is 1.69. The maximum absolute atomic E-state index is 14.0. The van der Waals surface area contributed by atoms with Gasteiger partial charge in [-0.15, -0.1) is 0 Å². The number of rotatable bonds is 9. The second-order valence-corrected chi connectivity index (χ2v) is 7.64. The van der Waals surface area contributed by atoms with Crippen molar-refractivity contribution in [3.8, 4) is 0 Å². The molecule has 31 heavy (non-hydrogen) atoms. The molecule has 0 radical (unpaired) electrons. The first kappa shape index (κ1) is 22.6. The van der Waals surface area contributed by atoms with Crippen molar-refractivity contribution in [3.05, 3.63) is 57.5 Å². The molecule has 2 heterocycles. The number of fused-ring (bicyclic) bond motifs is 1. The highest BCUT2D eigenvalue weighted by Gasteiger charge is 2.26. The number of hydrogen-bond donors (Lipinski definition) is 2. The van der Waals surface area contributed by atoms with Crippen LogP contribution in [0.2, 0.25) is 5.02 Å². The number of halogens is 2. The molecule has 0 bridgehead atoms. The smallest absolute Gasteiger partial charge is 0.261 e. The molecule has 1 aromatic carbocycles. The number of nitrogens with one attached hydrogen (secondary N) is 2. The summed E-state index contributed by atoms with van der Waals surface area (Å²) in [4.78, 5) is 44.4. The molecule has 0 aliphatic carbocycles. The van der Waals surface area contributed by atoms with Crippen molar-refractivity contribution in [2.45, 2.75) is 39.0 Å². The maximum Gasteiger partial charge on any atom is 0.261 e. The lowest BCUT2D eigenvalue weighted by molar-refractivity contribution is -0.139. The lowest BCUT2D eigenvalue weighted by Gasteiger charge is -2.32. The molecule has 0 saturated heterocycles. The molecular weight excluding hydrogens is 427 g/mol. The van der Waals surface area contributed by atoms with Gasteiger partial charge >= 0.3 is 0 Å². The van der Waals surface area contributed by atoms with E-state index in [9.17, 15) is 18.8 Å². The van der Waals surface area contributed by atoms with Gasteiger partial charge in [-0.1, -0.05) is 23.7 Å². The lowest BCUT2D eigenvalue weighted by atomic mass is 10.1. The summed E-state index contributed by atoms with van der Waals surface area (Å²) in [6, 6.07) is 3.63. The Labute approximate surface area is 182 Å². The normalized spacial score (nSPS) is 12.3. The molecule has 9 nitrogen and oxygen atoms in total. The Morgan fingerprint density at radius 3 is 2.87 bits per heavy atom. The van der Waals surface area contributed by atoms with Crippen LogP contribution in [0.1, 0.15) is 19.4 Å². The van der Waals surface area contributed by atoms with Crippen LogP contribution in [0.3, 0.4) is 0 Å². The zero-order valence-electron chi connectivity index (χ0n) is 17.0. The molecule has 0 aliphatic rings. The van der Waals surface area contributed by atoms with Crippen LogP contribution in [0, 0.1) is 5.82 Å². The van der Waals surface area contributed by atoms with Gasteiger partial charge in [-0.2, -0.15) is 5.10 Å². The first-order chi connectivity index (χ1) is 14.8. The lowest BCUT2D eigenvalue weighted by Crippen LogP contribution is -2.51. The first-order valence-electron chi connectivity index (χ1n) is 9.62. The highest BCUT2D eigenvalue weighted by Crippen LogP contribution is 2.17. The van der Waals surface area contributed by atoms with Gasteiger partial charge in [-0.25, -0.2) is 9.37 Å². The van der Waals surface area contributed by atoms with Crippen molar-refractivity contribution >= 4 is 34.8 Å². The third kappa shape index (κ3) is 5.15. The van der Waals surface area contributed by atoms with Crippen LogP contribution in [0.5, 0.6) is 0 Å². The van der Waals surface area contributed by atoms with Gasteiger partial charge in [0.1, 0.15) is 30.1 Å². The van der Waals surface area contributed by atoms with Gasteiger partial charge in [-0.05, 0) is 19.9 Å². The van der Waals surface area contributed by atoms with Crippen molar-refractivity contribution in [2.75, 3.05) is 6.54 Å². The summed E-state index contributed by atoms with van der Waals surface area (Å²) >= 11 is 5.79. The Bertz CT molecular complexity index is 1150. The van der Waals surface area contributed by atoms with E-state index < -0.39 is 11.9 Å². The van der Waals surface area contributed by atoms with E-state index in [1.165, 1.54) is 28.2 Å². The molecule has 3 rings (SSSR count). The molecule has 0 fully saturated rings. The van der Waals surface area contributed by atoms with Gasteiger partial charge in [0.15, 0.2) is 5.65 Å². The van der Waals surface area contributed by atoms with Crippen molar-refractivity contribution < 1.29 is 14.0 Å². The number of aromatic amines is 1. The number of hydrogen-bond acceptors (Lipinski definition) is 6. The summed E-state index contributed by atoms with van der Waals surface area (Å²) in [5.74, 6) is -0.877. The van der Waals surface area contributed by atoms with E-state index >= 15 is 0 Å². The average Bonchev–Trinajstić information content (AvgIpc) is 3.13. The predicted octanol–water partition coefficient (Wildman–Crippen LogP) is 1.51. The SMILES string of the molecule is CC(C)N(C(=O)Cn1cc2c(=O)[nH]cnc2n1)C(C=O)CNCc1cccc(Cl)c1F. The summed E-state index contributed by atoms with van der Waals surface area (Å²) in [6.45, 7) is 3.69. The van der Waals surface area contributed by atoms with Crippen LogP contribution in [0.25, 0.3) is 11.0 Å². The van der Waals surface area contributed by atoms with Gasteiger partial charge < -0.3 is 20.0 Å².